The second-order valence-corrected chi connectivity index (χ2v) is 8.22. The van der Waals surface area contributed by atoms with Crippen molar-refractivity contribution in [2.75, 3.05) is 11.1 Å². The molecule has 0 aliphatic rings. The third kappa shape index (κ3) is 5.11. The van der Waals surface area contributed by atoms with Crippen LogP contribution in [0.5, 0.6) is 0 Å². The molecule has 4 rings (SSSR count). The van der Waals surface area contributed by atoms with Crippen LogP contribution in [0.1, 0.15) is 18.9 Å². The highest BCUT2D eigenvalue weighted by Gasteiger charge is 2.13. The normalized spacial score (nSPS) is 10.8. The van der Waals surface area contributed by atoms with Crippen molar-refractivity contribution in [2.45, 2.75) is 25.0 Å². The van der Waals surface area contributed by atoms with Gasteiger partial charge in [0.15, 0.2) is 5.13 Å². The Hall–Kier alpha value is -3.04. The number of rotatable bonds is 8. The molecule has 0 saturated carbocycles. The molecule has 152 valence electrons. The van der Waals surface area contributed by atoms with Crippen LogP contribution in [-0.4, -0.2) is 31.8 Å². The van der Waals surface area contributed by atoms with Crippen LogP contribution < -0.4 is 5.32 Å². The van der Waals surface area contributed by atoms with E-state index in [0.29, 0.717) is 16.2 Å². The summed E-state index contributed by atoms with van der Waals surface area (Å²) < 4.78 is 5.58. The summed E-state index contributed by atoms with van der Waals surface area (Å²) in [7, 11) is 0. The molecule has 0 aliphatic carbocycles. The van der Waals surface area contributed by atoms with Gasteiger partial charge in [-0.25, -0.2) is 4.98 Å². The van der Waals surface area contributed by atoms with Gasteiger partial charge in [-0.15, -0.1) is 21.5 Å². The van der Waals surface area contributed by atoms with Crippen LogP contribution in [-0.2, 0) is 11.2 Å². The van der Waals surface area contributed by atoms with E-state index >= 15 is 0 Å². The highest BCUT2D eigenvalue weighted by molar-refractivity contribution is 7.99. The standard InChI is InChI=1S/C21H19N5O2S2/c1-2-3-14-4-6-15(7-5-14)17-12-29-20(23-17)24-18(27)13-30-21-26-25-19(28-21)16-8-10-22-11-9-16/h4-12H,2-3,13H2,1H3,(H,23,24,27). The monoisotopic (exact) mass is 437 g/mol. The lowest BCUT2D eigenvalue weighted by atomic mass is 10.1. The first-order valence-electron chi connectivity index (χ1n) is 9.42. The first-order chi connectivity index (χ1) is 14.7. The number of aryl methyl sites for hydroxylation is 1. The van der Waals surface area contributed by atoms with Gasteiger partial charge < -0.3 is 9.73 Å². The van der Waals surface area contributed by atoms with E-state index in [0.717, 1.165) is 29.7 Å². The average molecular weight is 438 g/mol. The second kappa shape index (κ2) is 9.64. The number of hydrogen-bond donors (Lipinski definition) is 1. The Kier molecular flexibility index (Phi) is 6.50. The Bertz CT molecular complexity index is 1110. The number of amides is 1. The number of benzene rings is 1. The zero-order valence-corrected chi connectivity index (χ0v) is 17.9. The molecule has 1 aromatic carbocycles. The van der Waals surface area contributed by atoms with E-state index in [4.69, 9.17) is 4.42 Å². The molecular formula is C21H19N5O2S2. The van der Waals surface area contributed by atoms with Gasteiger partial charge in [-0.2, -0.15) is 0 Å². The van der Waals surface area contributed by atoms with Crippen molar-refractivity contribution >= 4 is 34.1 Å². The summed E-state index contributed by atoms with van der Waals surface area (Å²) >= 11 is 2.58. The number of hydrogen-bond acceptors (Lipinski definition) is 8. The maximum Gasteiger partial charge on any atom is 0.277 e. The van der Waals surface area contributed by atoms with E-state index in [9.17, 15) is 4.79 Å². The van der Waals surface area contributed by atoms with Crippen LogP contribution in [0, 0.1) is 0 Å². The summed E-state index contributed by atoms with van der Waals surface area (Å²) in [4.78, 5) is 20.7. The fourth-order valence-electron chi connectivity index (χ4n) is 2.76. The minimum absolute atomic E-state index is 0.151. The highest BCUT2D eigenvalue weighted by atomic mass is 32.2. The lowest BCUT2D eigenvalue weighted by Crippen LogP contribution is -2.13. The number of nitrogens with one attached hydrogen (secondary N) is 1. The zero-order valence-electron chi connectivity index (χ0n) is 16.2. The molecule has 3 aromatic heterocycles. The Labute approximate surface area is 182 Å². The summed E-state index contributed by atoms with van der Waals surface area (Å²) in [5.41, 5.74) is 3.99. The maximum absolute atomic E-state index is 12.3. The molecule has 3 heterocycles. The van der Waals surface area contributed by atoms with Gasteiger partial charge in [0, 0.05) is 28.9 Å². The van der Waals surface area contributed by atoms with Crippen LogP contribution in [0.15, 0.2) is 63.8 Å². The molecule has 0 atom stereocenters. The first kappa shape index (κ1) is 20.2. The molecule has 4 aromatic rings. The predicted octanol–water partition coefficient (Wildman–Crippen LogP) is 4.94. The van der Waals surface area contributed by atoms with Crippen LogP contribution in [0.2, 0.25) is 0 Å². The van der Waals surface area contributed by atoms with E-state index in [1.165, 1.54) is 28.7 Å². The number of carbonyl (C=O) groups excluding carboxylic acids is 1. The number of nitrogens with zero attached hydrogens (tertiary/aromatic N) is 4. The third-order valence-corrected chi connectivity index (χ3v) is 5.78. The van der Waals surface area contributed by atoms with Crippen LogP contribution in [0.25, 0.3) is 22.7 Å². The SMILES string of the molecule is CCCc1ccc(-c2csc(NC(=O)CSc3nnc(-c4ccncc4)o3)n2)cc1. The Balaban J connectivity index is 1.31. The lowest BCUT2D eigenvalue weighted by molar-refractivity contribution is -0.113. The van der Waals surface area contributed by atoms with Gasteiger partial charge in [-0.05, 0) is 24.1 Å². The summed E-state index contributed by atoms with van der Waals surface area (Å²) in [5, 5.41) is 13.6. The predicted molar refractivity (Wildman–Crippen MR) is 118 cm³/mol. The van der Waals surface area contributed by atoms with Gasteiger partial charge in [-0.1, -0.05) is 49.4 Å². The molecule has 7 nitrogen and oxygen atoms in total. The molecule has 1 amide bonds. The van der Waals surface area contributed by atoms with Crippen molar-refractivity contribution in [2.24, 2.45) is 0 Å². The minimum atomic E-state index is -0.178. The molecule has 0 spiro atoms. The van der Waals surface area contributed by atoms with Crippen LogP contribution in [0.3, 0.4) is 0 Å². The number of pyridine rings is 1. The van der Waals surface area contributed by atoms with Gasteiger partial charge in [0.2, 0.25) is 11.8 Å². The van der Waals surface area contributed by atoms with Gasteiger partial charge in [0.1, 0.15) is 0 Å². The Morgan fingerprint density at radius 3 is 2.67 bits per heavy atom. The first-order valence-corrected chi connectivity index (χ1v) is 11.3. The van der Waals surface area contributed by atoms with Crippen molar-refractivity contribution in [3.05, 3.63) is 59.7 Å². The smallest absolute Gasteiger partial charge is 0.277 e. The minimum Gasteiger partial charge on any atom is -0.411 e. The van der Waals surface area contributed by atoms with E-state index in [2.05, 4.69) is 56.7 Å². The summed E-state index contributed by atoms with van der Waals surface area (Å²) in [6.07, 6.45) is 5.50. The summed E-state index contributed by atoms with van der Waals surface area (Å²) in [5.74, 6) is 0.371. The number of anilines is 1. The number of aromatic nitrogens is 4. The van der Waals surface area contributed by atoms with Crippen molar-refractivity contribution in [1.29, 1.82) is 0 Å². The van der Waals surface area contributed by atoms with Gasteiger partial charge in [-0.3, -0.25) is 9.78 Å². The van der Waals surface area contributed by atoms with Gasteiger partial charge in [0.05, 0.1) is 11.4 Å². The molecule has 9 heteroatoms. The molecular weight excluding hydrogens is 418 g/mol. The molecule has 0 unspecified atom stereocenters. The number of thioether (sulfide) groups is 1. The average Bonchev–Trinajstić information content (AvgIpc) is 3.44. The van der Waals surface area contributed by atoms with Crippen molar-refractivity contribution in [3.8, 4) is 22.7 Å². The van der Waals surface area contributed by atoms with Crippen molar-refractivity contribution < 1.29 is 9.21 Å². The molecule has 30 heavy (non-hydrogen) atoms. The second-order valence-electron chi connectivity index (χ2n) is 6.43. The summed E-state index contributed by atoms with van der Waals surface area (Å²) in [6.45, 7) is 2.17. The Morgan fingerprint density at radius 1 is 1.10 bits per heavy atom. The fraction of sp³-hybridized carbons (Fsp3) is 0.190. The zero-order chi connectivity index (χ0) is 20.8. The molecule has 0 aliphatic heterocycles. The van der Waals surface area contributed by atoms with E-state index < -0.39 is 0 Å². The van der Waals surface area contributed by atoms with Crippen molar-refractivity contribution in [3.63, 3.8) is 0 Å². The molecule has 0 fully saturated rings. The lowest BCUT2D eigenvalue weighted by Gasteiger charge is -2.01. The maximum atomic E-state index is 12.3. The largest absolute Gasteiger partial charge is 0.411 e. The molecule has 0 bridgehead atoms. The van der Waals surface area contributed by atoms with E-state index in [1.807, 2.05) is 5.38 Å². The van der Waals surface area contributed by atoms with Crippen LogP contribution >= 0.6 is 23.1 Å². The number of carbonyl (C=O) groups is 1. The fourth-order valence-corrected chi connectivity index (χ4v) is 4.06. The van der Waals surface area contributed by atoms with Gasteiger partial charge >= 0.3 is 0 Å². The quantitative estimate of drug-likeness (QED) is 0.390. The number of thiazole rings is 1. The highest BCUT2D eigenvalue weighted by Crippen LogP contribution is 2.26. The molecule has 0 radical (unpaired) electrons. The van der Waals surface area contributed by atoms with E-state index in [-0.39, 0.29) is 11.7 Å². The van der Waals surface area contributed by atoms with E-state index in [1.54, 1.807) is 24.5 Å². The molecule has 1 N–H and O–H groups in total. The van der Waals surface area contributed by atoms with Gasteiger partial charge in [0.25, 0.3) is 5.22 Å². The van der Waals surface area contributed by atoms with Crippen LogP contribution in [0.4, 0.5) is 5.13 Å². The third-order valence-electron chi connectivity index (χ3n) is 4.20. The summed E-state index contributed by atoms with van der Waals surface area (Å²) in [6, 6.07) is 11.9. The van der Waals surface area contributed by atoms with Crippen molar-refractivity contribution in [1.82, 2.24) is 20.2 Å². The molecule has 0 saturated heterocycles. The Morgan fingerprint density at radius 2 is 1.90 bits per heavy atom. The topological polar surface area (TPSA) is 93.8 Å².